The third-order valence-corrected chi connectivity index (χ3v) is 4.10. The predicted octanol–water partition coefficient (Wildman–Crippen LogP) is 5.23. The summed E-state index contributed by atoms with van der Waals surface area (Å²) in [6.45, 7) is 5.45. The van der Waals surface area contributed by atoms with Gasteiger partial charge in [0.2, 0.25) is 5.28 Å². The van der Waals surface area contributed by atoms with Gasteiger partial charge in [0.05, 0.1) is 6.54 Å². The van der Waals surface area contributed by atoms with Gasteiger partial charge in [-0.25, -0.2) is 13.7 Å². The highest BCUT2D eigenvalue weighted by Gasteiger charge is 2.27. The molecular formula is C18H17BrClFN4O2. The van der Waals surface area contributed by atoms with Crippen LogP contribution >= 0.6 is 27.5 Å². The third kappa shape index (κ3) is 4.75. The van der Waals surface area contributed by atoms with E-state index in [-0.39, 0.29) is 17.6 Å². The molecule has 0 N–H and O–H groups in total. The Labute approximate surface area is 169 Å². The lowest BCUT2D eigenvalue weighted by molar-refractivity contribution is 0.0576. The van der Waals surface area contributed by atoms with Crippen molar-refractivity contribution in [2.45, 2.75) is 32.9 Å². The normalized spacial score (nSPS) is 11.6. The van der Waals surface area contributed by atoms with Crippen molar-refractivity contribution >= 4 is 45.0 Å². The van der Waals surface area contributed by atoms with Crippen LogP contribution in [0.5, 0.6) is 0 Å². The first-order valence-corrected chi connectivity index (χ1v) is 9.26. The zero-order valence-corrected chi connectivity index (χ0v) is 17.3. The number of hydrogen-bond acceptors (Lipinski definition) is 4. The summed E-state index contributed by atoms with van der Waals surface area (Å²) in [5.74, 6) is -0.0650. The average Bonchev–Trinajstić information content (AvgIpc) is 2.92. The molecule has 3 aromatic rings. The van der Waals surface area contributed by atoms with Crippen LogP contribution in [0.25, 0.3) is 5.52 Å². The molecule has 1 amide bonds. The Morgan fingerprint density at radius 3 is 2.63 bits per heavy atom. The van der Waals surface area contributed by atoms with E-state index in [2.05, 4.69) is 26.0 Å². The van der Waals surface area contributed by atoms with Gasteiger partial charge in [0.15, 0.2) is 5.82 Å². The molecule has 0 saturated carbocycles. The van der Waals surface area contributed by atoms with E-state index < -0.39 is 11.7 Å². The van der Waals surface area contributed by atoms with Crippen molar-refractivity contribution in [3.05, 3.63) is 57.7 Å². The second-order valence-electron chi connectivity index (χ2n) is 6.89. The van der Waals surface area contributed by atoms with E-state index in [4.69, 9.17) is 16.3 Å². The summed E-state index contributed by atoms with van der Waals surface area (Å²) in [5, 5.41) is 4.08. The number of amides is 1. The van der Waals surface area contributed by atoms with Crippen molar-refractivity contribution in [1.82, 2.24) is 14.6 Å². The summed E-state index contributed by atoms with van der Waals surface area (Å²) < 4.78 is 21.1. The molecule has 142 valence electrons. The molecule has 0 spiro atoms. The SMILES string of the molecule is CC(C)(C)OC(=O)N(Cc1ccc(F)cc1)c1nc(Cl)nn2cc(Br)cc12. The van der Waals surface area contributed by atoms with Crippen molar-refractivity contribution in [3.63, 3.8) is 0 Å². The van der Waals surface area contributed by atoms with Gasteiger partial charge in [-0.05, 0) is 72.1 Å². The highest BCUT2D eigenvalue weighted by Crippen LogP contribution is 2.27. The van der Waals surface area contributed by atoms with E-state index in [1.165, 1.54) is 21.5 Å². The molecule has 2 heterocycles. The van der Waals surface area contributed by atoms with Gasteiger partial charge in [-0.3, -0.25) is 4.90 Å². The van der Waals surface area contributed by atoms with Gasteiger partial charge in [-0.1, -0.05) is 12.1 Å². The largest absolute Gasteiger partial charge is 0.443 e. The average molecular weight is 456 g/mol. The Morgan fingerprint density at radius 2 is 2.00 bits per heavy atom. The molecule has 9 heteroatoms. The van der Waals surface area contributed by atoms with E-state index in [1.807, 2.05) is 0 Å². The van der Waals surface area contributed by atoms with Crippen LogP contribution in [0.2, 0.25) is 5.28 Å². The fourth-order valence-corrected chi connectivity index (χ4v) is 3.01. The molecule has 0 atom stereocenters. The number of ether oxygens (including phenoxy) is 1. The number of aromatic nitrogens is 3. The van der Waals surface area contributed by atoms with Gasteiger partial charge in [0, 0.05) is 10.7 Å². The molecule has 0 fully saturated rings. The standard InChI is InChI=1S/C18H17BrClFN4O2/c1-18(2,3)27-17(26)24(9-11-4-6-13(21)7-5-11)15-14-8-12(19)10-25(14)23-16(20)22-15/h4-8,10H,9H2,1-3H3. The first-order valence-electron chi connectivity index (χ1n) is 8.09. The van der Waals surface area contributed by atoms with Gasteiger partial charge >= 0.3 is 6.09 Å². The fraction of sp³-hybridized carbons (Fsp3) is 0.278. The van der Waals surface area contributed by atoms with E-state index in [1.54, 1.807) is 45.2 Å². The lowest BCUT2D eigenvalue weighted by Gasteiger charge is -2.27. The number of anilines is 1. The Bertz CT molecular complexity index is 985. The zero-order chi connectivity index (χ0) is 19.8. The molecule has 0 bridgehead atoms. The van der Waals surface area contributed by atoms with Crippen LogP contribution in [0.4, 0.5) is 15.0 Å². The molecule has 0 saturated heterocycles. The molecule has 0 aliphatic rings. The van der Waals surface area contributed by atoms with Crippen LogP contribution in [-0.2, 0) is 11.3 Å². The molecule has 0 aliphatic carbocycles. The maximum absolute atomic E-state index is 13.2. The summed E-state index contributed by atoms with van der Waals surface area (Å²) in [6.07, 6.45) is 1.11. The van der Waals surface area contributed by atoms with E-state index in [0.717, 1.165) is 4.47 Å². The monoisotopic (exact) mass is 454 g/mol. The minimum atomic E-state index is -0.701. The predicted molar refractivity (Wildman–Crippen MR) is 105 cm³/mol. The fourth-order valence-electron chi connectivity index (χ4n) is 2.44. The molecule has 1 aromatic carbocycles. The maximum atomic E-state index is 13.2. The minimum Gasteiger partial charge on any atom is -0.443 e. The summed E-state index contributed by atoms with van der Waals surface area (Å²) in [6, 6.07) is 7.63. The Morgan fingerprint density at radius 1 is 1.33 bits per heavy atom. The van der Waals surface area contributed by atoms with Crippen molar-refractivity contribution in [3.8, 4) is 0 Å². The number of carbonyl (C=O) groups excluding carboxylic acids is 1. The highest BCUT2D eigenvalue weighted by atomic mass is 79.9. The Hall–Kier alpha value is -2.19. The molecule has 0 radical (unpaired) electrons. The van der Waals surface area contributed by atoms with E-state index >= 15 is 0 Å². The summed E-state index contributed by atoms with van der Waals surface area (Å²) in [7, 11) is 0. The zero-order valence-electron chi connectivity index (χ0n) is 14.9. The van der Waals surface area contributed by atoms with Crippen LogP contribution in [0.1, 0.15) is 26.3 Å². The Kier molecular flexibility index (Phi) is 5.39. The molecule has 27 heavy (non-hydrogen) atoms. The van der Waals surface area contributed by atoms with Crippen molar-refractivity contribution < 1.29 is 13.9 Å². The number of rotatable bonds is 3. The highest BCUT2D eigenvalue weighted by molar-refractivity contribution is 9.10. The van der Waals surface area contributed by atoms with Crippen LogP contribution in [0.3, 0.4) is 0 Å². The van der Waals surface area contributed by atoms with Crippen LogP contribution < -0.4 is 4.90 Å². The second-order valence-corrected chi connectivity index (χ2v) is 8.14. The van der Waals surface area contributed by atoms with Crippen LogP contribution in [-0.4, -0.2) is 26.3 Å². The number of fused-ring (bicyclic) bond motifs is 1. The Balaban J connectivity index is 2.08. The van der Waals surface area contributed by atoms with Gasteiger partial charge in [-0.15, -0.1) is 5.10 Å². The number of benzene rings is 1. The quantitative estimate of drug-likeness (QED) is 0.543. The number of carbonyl (C=O) groups is 1. The summed E-state index contributed by atoms with van der Waals surface area (Å²) >= 11 is 9.44. The van der Waals surface area contributed by atoms with Crippen LogP contribution in [0, 0.1) is 5.82 Å². The van der Waals surface area contributed by atoms with Crippen molar-refractivity contribution in [2.75, 3.05) is 4.90 Å². The summed E-state index contributed by atoms with van der Waals surface area (Å²) in [4.78, 5) is 18.5. The molecule has 3 rings (SSSR count). The first-order chi connectivity index (χ1) is 12.6. The van der Waals surface area contributed by atoms with Gasteiger partial charge in [-0.2, -0.15) is 4.98 Å². The summed E-state index contributed by atoms with van der Waals surface area (Å²) in [5.41, 5.74) is 0.577. The second kappa shape index (κ2) is 7.44. The van der Waals surface area contributed by atoms with Crippen molar-refractivity contribution in [1.29, 1.82) is 0 Å². The molecule has 0 aliphatic heterocycles. The maximum Gasteiger partial charge on any atom is 0.416 e. The molecular weight excluding hydrogens is 439 g/mol. The first kappa shape index (κ1) is 19.6. The van der Waals surface area contributed by atoms with E-state index in [9.17, 15) is 9.18 Å². The third-order valence-electron chi connectivity index (χ3n) is 3.51. The molecule has 0 unspecified atom stereocenters. The smallest absolute Gasteiger partial charge is 0.416 e. The van der Waals surface area contributed by atoms with Crippen LogP contribution in [0.15, 0.2) is 41.0 Å². The number of hydrogen-bond donors (Lipinski definition) is 0. The van der Waals surface area contributed by atoms with Gasteiger partial charge in [0.1, 0.15) is 16.9 Å². The topological polar surface area (TPSA) is 59.7 Å². The number of nitrogens with zero attached hydrogens (tertiary/aromatic N) is 4. The number of halogens is 3. The lowest BCUT2D eigenvalue weighted by atomic mass is 10.2. The minimum absolute atomic E-state index is 0.0201. The molecule has 6 nitrogen and oxygen atoms in total. The van der Waals surface area contributed by atoms with Gasteiger partial charge in [0.25, 0.3) is 0 Å². The molecule has 2 aromatic heterocycles. The van der Waals surface area contributed by atoms with Crippen molar-refractivity contribution in [2.24, 2.45) is 0 Å². The van der Waals surface area contributed by atoms with Gasteiger partial charge < -0.3 is 4.74 Å². The lowest BCUT2D eigenvalue weighted by Crippen LogP contribution is -2.37. The van der Waals surface area contributed by atoms with E-state index in [0.29, 0.717) is 16.9 Å².